The molecule has 1 aromatic rings. The van der Waals surface area contributed by atoms with Crippen molar-refractivity contribution in [3.8, 4) is 0 Å². The van der Waals surface area contributed by atoms with Gasteiger partial charge in [0.2, 0.25) is 0 Å². The number of anilines is 1. The Labute approximate surface area is 99.9 Å². The quantitative estimate of drug-likeness (QED) is 0.543. The molecule has 1 unspecified atom stereocenters. The van der Waals surface area contributed by atoms with Gasteiger partial charge in [-0.25, -0.2) is 4.21 Å². The van der Waals surface area contributed by atoms with E-state index in [2.05, 4.69) is 0 Å². The zero-order chi connectivity index (χ0) is 8.69. The molecule has 0 fully saturated rings. The summed E-state index contributed by atoms with van der Waals surface area (Å²) in [4.78, 5) is 0. The van der Waals surface area contributed by atoms with Gasteiger partial charge in [-0.05, 0) is 12.1 Å². The summed E-state index contributed by atoms with van der Waals surface area (Å²) in [6.45, 7) is 0. The van der Waals surface area contributed by atoms with Crippen LogP contribution in [0, 0.1) is 0 Å². The minimum atomic E-state index is -1.61. The number of hydrogen-bond donors (Lipinski definition) is 2. The maximum absolute atomic E-state index is 9.11. The Bertz CT molecular complexity index is 214. The molecule has 0 aromatic heterocycles. The van der Waals surface area contributed by atoms with Crippen molar-refractivity contribution in [2.75, 3.05) is 12.0 Å². The van der Waals surface area contributed by atoms with Crippen LogP contribution in [0.5, 0.6) is 0 Å². The van der Waals surface area contributed by atoms with Crippen LogP contribution < -0.4 is 5.73 Å². The van der Waals surface area contributed by atoms with Gasteiger partial charge in [0, 0.05) is 44.7 Å². The molecule has 0 heterocycles. The normalized spacial score (nSPS) is 10.2. The summed E-state index contributed by atoms with van der Waals surface area (Å²) in [6, 6.07) is 9.49. The molecule has 12 heavy (non-hydrogen) atoms. The molecule has 0 spiro atoms. The first kappa shape index (κ1) is 14.7. The van der Waals surface area contributed by atoms with Crippen molar-refractivity contribution in [1.29, 1.82) is 0 Å². The second kappa shape index (κ2) is 9.32. The summed E-state index contributed by atoms with van der Waals surface area (Å²) in [6.07, 6.45) is 1.19. The minimum absolute atomic E-state index is 0. The molecule has 3 N–H and O–H groups in total. The van der Waals surface area contributed by atoms with E-state index in [1.165, 1.54) is 6.26 Å². The molecule has 0 amide bonds. The van der Waals surface area contributed by atoms with Crippen molar-refractivity contribution in [2.24, 2.45) is 0 Å². The first-order chi connectivity index (χ1) is 5.13. The third-order valence-electron chi connectivity index (χ3n) is 0.800. The molecule has 0 saturated heterocycles. The summed E-state index contributed by atoms with van der Waals surface area (Å²) < 4.78 is 16.6. The Hall–Kier alpha value is 0.234. The molecule has 3 nitrogen and oxygen atoms in total. The molecule has 1 aromatic carbocycles. The summed E-state index contributed by atoms with van der Waals surface area (Å²) >= 11 is -1.61. The van der Waals surface area contributed by atoms with Crippen LogP contribution in [0.15, 0.2) is 30.3 Å². The first-order valence-corrected chi connectivity index (χ1v) is 4.47. The van der Waals surface area contributed by atoms with Gasteiger partial charge in [-0.1, -0.05) is 18.2 Å². The Balaban J connectivity index is 0. The van der Waals surface area contributed by atoms with E-state index in [0.29, 0.717) is 0 Å². The predicted molar refractivity (Wildman–Crippen MR) is 47.5 cm³/mol. The van der Waals surface area contributed by atoms with Crippen LogP contribution in [-0.4, -0.2) is 15.0 Å². The topological polar surface area (TPSA) is 63.3 Å². The Kier molecular flexibility index (Phi) is 11.5. The molecule has 0 aliphatic carbocycles. The van der Waals surface area contributed by atoms with Crippen LogP contribution in [0.1, 0.15) is 0 Å². The molecule has 1 rings (SSSR count). The molecular formula is C7H11NO2SY. The van der Waals surface area contributed by atoms with E-state index in [0.717, 1.165) is 5.69 Å². The Morgan fingerprint density at radius 3 is 1.83 bits per heavy atom. The van der Waals surface area contributed by atoms with E-state index in [1.807, 2.05) is 30.3 Å². The molecule has 0 aliphatic heterocycles. The van der Waals surface area contributed by atoms with Gasteiger partial charge in [-0.3, -0.25) is 0 Å². The van der Waals surface area contributed by atoms with E-state index in [1.54, 1.807) is 0 Å². The monoisotopic (exact) mass is 262 g/mol. The van der Waals surface area contributed by atoms with Crippen LogP contribution in [0.4, 0.5) is 5.69 Å². The van der Waals surface area contributed by atoms with Crippen molar-refractivity contribution in [2.45, 2.75) is 0 Å². The van der Waals surface area contributed by atoms with E-state index in [9.17, 15) is 0 Å². The van der Waals surface area contributed by atoms with Gasteiger partial charge in [0.15, 0.2) is 0 Å². The van der Waals surface area contributed by atoms with Crippen LogP contribution in [0.2, 0.25) is 0 Å². The maximum atomic E-state index is 9.11. The smallest absolute Gasteiger partial charge is 0.149 e. The van der Waals surface area contributed by atoms with Crippen LogP contribution >= 0.6 is 0 Å². The Morgan fingerprint density at radius 1 is 1.33 bits per heavy atom. The number of nitrogens with two attached hydrogens (primary N) is 1. The second-order valence-corrected chi connectivity index (χ2v) is 2.68. The Morgan fingerprint density at radius 2 is 1.67 bits per heavy atom. The molecule has 65 valence electrons. The summed E-state index contributed by atoms with van der Waals surface area (Å²) in [5, 5.41) is 0. The fourth-order valence-corrected chi connectivity index (χ4v) is 0.453. The third kappa shape index (κ3) is 12.9. The number of para-hydroxylation sites is 1. The molecule has 1 radical (unpaired) electrons. The summed E-state index contributed by atoms with van der Waals surface area (Å²) in [5.74, 6) is 0. The van der Waals surface area contributed by atoms with Gasteiger partial charge in [0.05, 0.1) is 0 Å². The number of benzene rings is 1. The molecular weight excluding hydrogens is 251 g/mol. The van der Waals surface area contributed by atoms with Crippen LogP contribution in [0.3, 0.4) is 0 Å². The third-order valence-corrected chi connectivity index (χ3v) is 0.800. The van der Waals surface area contributed by atoms with Crippen molar-refractivity contribution < 1.29 is 41.5 Å². The number of hydrogen-bond acceptors (Lipinski definition) is 2. The fourth-order valence-electron chi connectivity index (χ4n) is 0.453. The van der Waals surface area contributed by atoms with Gasteiger partial charge in [0.25, 0.3) is 0 Å². The van der Waals surface area contributed by atoms with E-state index >= 15 is 0 Å². The van der Waals surface area contributed by atoms with Gasteiger partial charge < -0.3 is 10.3 Å². The van der Waals surface area contributed by atoms with Crippen molar-refractivity contribution in [3.05, 3.63) is 30.3 Å². The van der Waals surface area contributed by atoms with E-state index < -0.39 is 11.1 Å². The van der Waals surface area contributed by atoms with Gasteiger partial charge >= 0.3 is 0 Å². The molecule has 0 aliphatic rings. The maximum Gasteiger partial charge on any atom is 0.149 e. The average molecular weight is 262 g/mol. The number of nitrogen functional groups attached to an aromatic ring is 1. The predicted octanol–water partition coefficient (Wildman–Crippen LogP) is 1.10. The van der Waals surface area contributed by atoms with Crippen LogP contribution in [-0.2, 0) is 43.8 Å². The van der Waals surface area contributed by atoms with Crippen molar-refractivity contribution in [3.63, 3.8) is 0 Å². The zero-order valence-electron chi connectivity index (χ0n) is 6.81. The molecule has 0 saturated carbocycles. The summed E-state index contributed by atoms with van der Waals surface area (Å²) in [7, 11) is 0. The van der Waals surface area contributed by atoms with E-state index in [4.69, 9.17) is 14.5 Å². The van der Waals surface area contributed by atoms with E-state index in [-0.39, 0.29) is 32.7 Å². The first-order valence-electron chi connectivity index (χ1n) is 2.96. The minimum Gasteiger partial charge on any atom is -0.399 e. The second-order valence-electron chi connectivity index (χ2n) is 1.83. The van der Waals surface area contributed by atoms with Crippen LogP contribution in [0.25, 0.3) is 0 Å². The molecule has 0 bridgehead atoms. The average Bonchev–Trinajstić information content (AvgIpc) is 1.87. The van der Waals surface area contributed by atoms with Gasteiger partial charge in [-0.15, -0.1) is 0 Å². The van der Waals surface area contributed by atoms with Gasteiger partial charge in [0.1, 0.15) is 11.1 Å². The SMILES string of the molecule is CS(=O)O.Nc1ccccc1.[Y]. The largest absolute Gasteiger partial charge is 0.399 e. The number of rotatable bonds is 0. The molecule has 1 atom stereocenters. The standard InChI is InChI=1S/C6H7N.CH4O2S.Y/c7-6-4-2-1-3-5-6;1-4(2)3;/h1-5H,7H2;1H3,(H,2,3);. The van der Waals surface area contributed by atoms with Crippen molar-refractivity contribution >= 4 is 16.8 Å². The van der Waals surface area contributed by atoms with Gasteiger partial charge in [-0.2, -0.15) is 0 Å². The van der Waals surface area contributed by atoms with Crippen molar-refractivity contribution in [1.82, 2.24) is 0 Å². The fraction of sp³-hybridized carbons (Fsp3) is 0.143. The summed E-state index contributed by atoms with van der Waals surface area (Å²) in [5.41, 5.74) is 6.18. The zero-order valence-corrected chi connectivity index (χ0v) is 10.5. The molecule has 5 heteroatoms.